The highest BCUT2D eigenvalue weighted by Gasteiger charge is 2.30. The Kier molecular flexibility index (Phi) is 4.57. The van der Waals surface area contributed by atoms with E-state index in [1.165, 1.54) is 18.2 Å². The standard InChI is InChI=1S/C10H13F3N2O/c11-10(12,13)16-9-3-1-2-8(6-9)7-15-5-4-14/h1-3,6,15H,4-5,7,14H2. The van der Waals surface area contributed by atoms with Crippen LogP contribution < -0.4 is 15.8 Å². The Morgan fingerprint density at radius 2 is 2.06 bits per heavy atom. The van der Waals surface area contributed by atoms with Crippen molar-refractivity contribution < 1.29 is 17.9 Å². The maximum atomic E-state index is 11.9. The fraction of sp³-hybridized carbons (Fsp3) is 0.400. The van der Waals surface area contributed by atoms with E-state index >= 15 is 0 Å². The highest BCUT2D eigenvalue weighted by molar-refractivity contribution is 5.28. The van der Waals surface area contributed by atoms with Gasteiger partial charge in [0.15, 0.2) is 0 Å². The molecular formula is C10H13F3N2O. The molecule has 0 aliphatic carbocycles. The monoisotopic (exact) mass is 234 g/mol. The molecule has 0 spiro atoms. The zero-order chi connectivity index (χ0) is 12.0. The lowest BCUT2D eigenvalue weighted by molar-refractivity contribution is -0.274. The van der Waals surface area contributed by atoms with Gasteiger partial charge in [0, 0.05) is 19.6 Å². The number of benzene rings is 1. The molecule has 0 aromatic heterocycles. The second kappa shape index (κ2) is 5.72. The van der Waals surface area contributed by atoms with Gasteiger partial charge >= 0.3 is 6.36 Å². The lowest BCUT2D eigenvalue weighted by atomic mass is 10.2. The van der Waals surface area contributed by atoms with Gasteiger partial charge in [0.1, 0.15) is 5.75 Å². The Hall–Kier alpha value is -1.27. The number of halogens is 3. The van der Waals surface area contributed by atoms with Crippen molar-refractivity contribution in [3.8, 4) is 5.75 Å². The molecule has 0 saturated carbocycles. The molecule has 0 heterocycles. The van der Waals surface area contributed by atoms with Gasteiger partial charge in [0.05, 0.1) is 0 Å². The van der Waals surface area contributed by atoms with Crippen LogP contribution in [-0.2, 0) is 6.54 Å². The Morgan fingerprint density at radius 3 is 2.69 bits per heavy atom. The topological polar surface area (TPSA) is 47.3 Å². The molecule has 0 bridgehead atoms. The number of hydrogen-bond acceptors (Lipinski definition) is 3. The lowest BCUT2D eigenvalue weighted by Gasteiger charge is -2.10. The number of ether oxygens (including phenoxy) is 1. The zero-order valence-corrected chi connectivity index (χ0v) is 8.55. The molecule has 1 aromatic rings. The Bertz CT molecular complexity index is 328. The average molecular weight is 234 g/mol. The maximum Gasteiger partial charge on any atom is 0.573 e. The molecule has 0 atom stereocenters. The summed E-state index contributed by atoms with van der Waals surface area (Å²) in [5, 5.41) is 2.98. The summed E-state index contributed by atoms with van der Waals surface area (Å²) in [7, 11) is 0. The van der Waals surface area contributed by atoms with Crippen molar-refractivity contribution >= 4 is 0 Å². The smallest absolute Gasteiger partial charge is 0.406 e. The first-order chi connectivity index (χ1) is 7.51. The van der Waals surface area contributed by atoms with Gasteiger partial charge in [-0.1, -0.05) is 12.1 Å². The van der Waals surface area contributed by atoms with Crippen LogP contribution in [0.25, 0.3) is 0 Å². The summed E-state index contributed by atoms with van der Waals surface area (Å²) in [6, 6.07) is 5.84. The number of rotatable bonds is 5. The first-order valence-corrected chi connectivity index (χ1v) is 4.77. The average Bonchev–Trinajstić information content (AvgIpc) is 2.16. The minimum Gasteiger partial charge on any atom is -0.406 e. The molecule has 16 heavy (non-hydrogen) atoms. The van der Waals surface area contributed by atoms with Crippen molar-refractivity contribution in [2.75, 3.05) is 13.1 Å². The van der Waals surface area contributed by atoms with Crippen LogP contribution >= 0.6 is 0 Å². The SMILES string of the molecule is NCCNCc1cccc(OC(F)(F)F)c1. The van der Waals surface area contributed by atoms with E-state index in [-0.39, 0.29) is 5.75 Å². The van der Waals surface area contributed by atoms with Gasteiger partial charge in [-0.15, -0.1) is 13.2 Å². The first kappa shape index (κ1) is 12.8. The highest BCUT2D eigenvalue weighted by atomic mass is 19.4. The summed E-state index contributed by atoms with van der Waals surface area (Å²) < 4.78 is 39.6. The van der Waals surface area contributed by atoms with Gasteiger partial charge in [-0.05, 0) is 17.7 Å². The predicted octanol–water partition coefficient (Wildman–Crippen LogP) is 1.63. The van der Waals surface area contributed by atoms with E-state index in [0.29, 0.717) is 19.6 Å². The summed E-state index contributed by atoms with van der Waals surface area (Å²) in [5.74, 6) is -0.209. The number of nitrogens with two attached hydrogens (primary N) is 1. The van der Waals surface area contributed by atoms with Crippen LogP contribution in [0.2, 0.25) is 0 Å². The molecule has 0 fully saturated rings. The van der Waals surface area contributed by atoms with Crippen molar-refractivity contribution in [3.05, 3.63) is 29.8 Å². The summed E-state index contributed by atoms with van der Waals surface area (Å²) in [6.07, 6.45) is -4.65. The number of nitrogens with one attached hydrogen (secondary N) is 1. The molecule has 3 N–H and O–H groups in total. The molecule has 6 heteroatoms. The Morgan fingerprint density at radius 1 is 1.31 bits per heavy atom. The zero-order valence-electron chi connectivity index (χ0n) is 8.55. The quantitative estimate of drug-likeness (QED) is 0.761. The maximum absolute atomic E-state index is 11.9. The van der Waals surface area contributed by atoms with Crippen LogP contribution in [0.5, 0.6) is 5.75 Å². The molecular weight excluding hydrogens is 221 g/mol. The van der Waals surface area contributed by atoms with Crippen LogP contribution in [0, 0.1) is 0 Å². The second-order valence-electron chi connectivity index (χ2n) is 3.16. The van der Waals surface area contributed by atoms with Crippen molar-refractivity contribution in [1.29, 1.82) is 0 Å². The van der Waals surface area contributed by atoms with Crippen LogP contribution in [0.1, 0.15) is 5.56 Å². The lowest BCUT2D eigenvalue weighted by Crippen LogP contribution is -2.22. The predicted molar refractivity (Wildman–Crippen MR) is 53.9 cm³/mol. The highest BCUT2D eigenvalue weighted by Crippen LogP contribution is 2.23. The fourth-order valence-electron chi connectivity index (χ4n) is 1.19. The van der Waals surface area contributed by atoms with E-state index in [4.69, 9.17) is 5.73 Å². The summed E-state index contributed by atoms with van der Waals surface area (Å²) >= 11 is 0. The largest absolute Gasteiger partial charge is 0.573 e. The van der Waals surface area contributed by atoms with E-state index in [1.54, 1.807) is 6.07 Å². The van der Waals surface area contributed by atoms with Gasteiger partial charge in [0.25, 0.3) is 0 Å². The van der Waals surface area contributed by atoms with Crippen LogP contribution in [0.3, 0.4) is 0 Å². The first-order valence-electron chi connectivity index (χ1n) is 4.77. The molecule has 0 aliphatic rings. The van der Waals surface area contributed by atoms with E-state index in [0.717, 1.165) is 5.56 Å². The number of hydrogen-bond donors (Lipinski definition) is 2. The normalized spacial score (nSPS) is 11.5. The fourth-order valence-corrected chi connectivity index (χ4v) is 1.19. The molecule has 1 rings (SSSR count). The van der Waals surface area contributed by atoms with Crippen LogP contribution in [0.4, 0.5) is 13.2 Å². The summed E-state index contributed by atoms with van der Waals surface area (Å²) in [6.45, 7) is 1.56. The third-order valence-corrected chi connectivity index (χ3v) is 1.78. The summed E-state index contributed by atoms with van der Waals surface area (Å²) in [4.78, 5) is 0. The molecule has 0 saturated heterocycles. The van der Waals surface area contributed by atoms with E-state index in [2.05, 4.69) is 10.1 Å². The molecule has 0 radical (unpaired) electrons. The van der Waals surface area contributed by atoms with E-state index in [1.807, 2.05) is 0 Å². The molecule has 0 aliphatic heterocycles. The Labute approximate surface area is 91.4 Å². The van der Waals surface area contributed by atoms with Gasteiger partial charge in [-0.2, -0.15) is 0 Å². The molecule has 0 unspecified atom stereocenters. The van der Waals surface area contributed by atoms with Crippen LogP contribution in [-0.4, -0.2) is 19.5 Å². The minimum absolute atomic E-state index is 0.209. The third-order valence-electron chi connectivity index (χ3n) is 1.78. The van der Waals surface area contributed by atoms with Crippen molar-refractivity contribution in [2.45, 2.75) is 12.9 Å². The van der Waals surface area contributed by atoms with Gasteiger partial charge in [-0.25, -0.2) is 0 Å². The third kappa shape index (κ3) is 4.99. The molecule has 1 aromatic carbocycles. The van der Waals surface area contributed by atoms with E-state index < -0.39 is 6.36 Å². The van der Waals surface area contributed by atoms with Gasteiger partial charge in [0.2, 0.25) is 0 Å². The van der Waals surface area contributed by atoms with Crippen molar-refractivity contribution in [2.24, 2.45) is 5.73 Å². The molecule has 0 amide bonds. The Balaban J connectivity index is 2.57. The van der Waals surface area contributed by atoms with Crippen molar-refractivity contribution in [3.63, 3.8) is 0 Å². The van der Waals surface area contributed by atoms with Crippen LogP contribution in [0.15, 0.2) is 24.3 Å². The number of alkyl halides is 3. The summed E-state index contributed by atoms with van der Waals surface area (Å²) in [5.41, 5.74) is 5.99. The van der Waals surface area contributed by atoms with E-state index in [9.17, 15) is 13.2 Å². The van der Waals surface area contributed by atoms with Gasteiger partial charge < -0.3 is 15.8 Å². The molecule has 3 nitrogen and oxygen atoms in total. The van der Waals surface area contributed by atoms with Crippen molar-refractivity contribution in [1.82, 2.24) is 5.32 Å². The molecule has 90 valence electrons. The minimum atomic E-state index is -4.65. The van der Waals surface area contributed by atoms with Gasteiger partial charge in [-0.3, -0.25) is 0 Å². The second-order valence-corrected chi connectivity index (χ2v) is 3.16.